The minimum atomic E-state index is 0.506. The van der Waals surface area contributed by atoms with Gasteiger partial charge in [-0.15, -0.1) is 0 Å². The predicted octanol–water partition coefficient (Wildman–Crippen LogP) is 3.02. The Bertz CT molecular complexity index is 870. The largest absolute Gasteiger partial charge is 0.384 e. The molecule has 25 heavy (non-hydrogen) atoms. The van der Waals surface area contributed by atoms with E-state index in [0.717, 1.165) is 49.5 Å². The normalized spacial score (nSPS) is 15.6. The van der Waals surface area contributed by atoms with E-state index in [9.17, 15) is 0 Å². The molecule has 1 fully saturated rings. The molecular formula is C20H23N5. The van der Waals surface area contributed by atoms with Crippen LogP contribution in [0.1, 0.15) is 6.92 Å². The number of rotatable bonds is 3. The Hall–Kier alpha value is -2.66. The molecular weight excluding hydrogens is 310 g/mol. The van der Waals surface area contributed by atoms with E-state index in [1.165, 1.54) is 5.56 Å². The molecule has 5 nitrogen and oxygen atoms in total. The molecule has 128 valence electrons. The molecule has 4 rings (SSSR count). The van der Waals surface area contributed by atoms with Gasteiger partial charge in [-0.1, -0.05) is 37.3 Å². The lowest BCUT2D eigenvalue weighted by molar-refractivity contribution is 0.270. The van der Waals surface area contributed by atoms with Crippen molar-refractivity contribution < 1.29 is 0 Å². The summed E-state index contributed by atoms with van der Waals surface area (Å²) in [6.07, 6.45) is 0. The smallest absolute Gasteiger partial charge is 0.164 e. The molecule has 0 atom stereocenters. The number of anilines is 2. The highest BCUT2D eigenvalue weighted by atomic mass is 15.3. The Labute approximate surface area is 148 Å². The molecule has 2 N–H and O–H groups in total. The predicted molar refractivity (Wildman–Crippen MR) is 104 cm³/mol. The second kappa shape index (κ2) is 6.69. The zero-order valence-electron chi connectivity index (χ0n) is 14.5. The van der Waals surface area contributed by atoms with Crippen molar-refractivity contribution in [1.29, 1.82) is 0 Å². The minimum absolute atomic E-state index is 0.506. The number of pyridine rings is 2. The van der Waals surface area contributed by atoms with Crippen molar-refractivity contribution in [2.45, 2.75) is 6.92 Å². The van der Waals surface area contributed by atoms with Crippen LogP contribution in [0.15, 0.2) is 48.5 Å². The van der Waals surface area contributed by atoms with Crippen LogP contribution in [0.5, 0.6) is 0 Å². The first-order valence-corrected chi connectivity index (χ1v) is 8.84. The number of likely N-dealkylation sites (N-methyl/N-ethyl adjacent to an activating group) is 1. The molecule has 3 aromatic rings. The molecule has 1 aliphatic heterocycles. The van der Waals surface area contributed by atoms with Gasteiger partial charge < -0.3 is 15.5 Å². The maximum Gasteiger partial charge on any atom is 0.164 e. The number of hydrogen-bond donors (Lipinski definition) is 1. The lowest BCUT2D eigenvalue weighted by Crippen LogP contribution is -2.46. The maximum absolute atomic E-state index is 5.91. The van der Waals surface area contributed by atoms with Crippen molar-refractivity contribution in [1.82, 2.24) is 14.9 Å². The number of nitrogens with zero attached hydrogens (tertiary/aromatic N) is 4. The van der Waals surface area contributed by atoms with Gasteiger partial charge in [0.1, 0.15) is 11.6 Å². The quantitative estimate of drug-likeness (QED) is 0.798. The summed E-state index contributed by atoms with van der Waals surface area (Å²) in [5, 5.41) is 1.04. The van der Waals surface area contributed by atoms with Crippen LogP contribution in [0.2, 0.25) is 0 Å². The summed E-state index contributed by atoms with van der Waals surface area (Å²) >= 11 is 0. The first-order valence-electron chi connectivity index (χ1n) is 8.84. The zero-order valence-corrected chi connectivity index (χ0v) is 14.5. The van der Waals surface area contributed by atoms with Gasteiger partial charge in [0.15, 0.2) is 5.65 Å². The lowest BCUT2D eigenvalue weighted by atomic mass is 10.0. The molecule has 1 saturated heterocycles. The van der Waals surface area contributed by atoms with Crippen molar-refractivity contribution in [3.05, 3.63) is 48.5 Å². The number of benzene rings is 1. The Morgan fingerprint density at radius 2 is 1.72 bits per heavy atom. The molecule has 0 radical (unpaired) electrons. The molecule has 5 heteroatoms. The van der Waals surface area contributed by atoms with Crippen LogP contribution < -0.4 is 10.6 Å². The Morgan fingerprint density at radius 3 is 2.44 bits per heavy atom. The van der Waals surface area contributed by atoms with Crippen LogP contribution in [0, 0.1) is 0 Å². The van der Waals surface area contributed by atoms with E-state index in [2.05, 4.69) is 52.0 Å². The summed E-state index contributed by atoms with van der Waals surface area (Å²) in [4.78, 5) is 14.1. The van der Waals surface area contributed by atoms with Gasteiger partial charge in [-0.25, -0.2) is 9.97 Å². The van der Waals surface area contributed by atoms with Gasteiger partial charge in [-0.3, -0.25) is 0 Å². The van der Waals surface area contributed by atoms with Crippen LogP contribution in [0.25, 0.3) is 22.2 Å². The van der Waals surface area contributed by atoms with E-state index in [-0.39, 0.29) is 0 Å². The number of piperazine rings is 1. The van der Waals surface area contributed by atoms with Gasteiger partial charge >= 0.3 is 0 Å². The molecule has 0 bridgehead atoms. The summed E-state index contributed by atoms with van der Waals surface area (Å²) in [7, 11) is 0. The first kappa shape index (κ1) is 15.8. The van der Waals surface area contributed by atoms with Crippen molar-refractivity contribution in [3.63, 3.8) is 0 Å². The highest BCUT2D eigenvalue weighted by Crippen LogP contribution is 2.31. The lowest BCUT2D eigenvalue weighted by Gasteiger charge is -2.35. The molecule has 3 heterocycles. The van der Waals surface area contributed by atoms with E-state index >= 15 is 0 Å². The summed E-state index contributed by atoms with van der Waals surface area (Å²) in [5.41, 5.74) is 8.96. The highest BCUT2D eigenvalue weighted by Gasteiger charge is 2.19. The summed E-state index contributed by atoms with van der Waals surface area (Å²) < 4.78 is 0. The summed E-state index contributed by atoms with van der Waals surface area (Å²) in [6.45, 7) is 7.44. The van der Waals surface area contributed by atoms with Gasteiger partial charge in [0, 0.05) is 31.6 Å². The van der Waals surface area contributed by atoms with Gasteiger partial charge in [-0.2, -0.15) is 0 Å². The Morgan fingerprint density at radius 1 is 0.960 bits per heavy atom. The van der Waals surface area contributed by atoms with Crippen molar-refractivity contribution >= 4 is 22.7 Å². The average molecular weight is 333 g/mol. The van der Waals surface area contributed by atoms with Gasteiger partial charge in [0.25, 0.3) is 0 Å². The van der Waals surface area contributed by atoms with Gasteiger partial charge in [0.2, 0.25) is 0 Å². The molecule has 0 spiro atoms. The average Bonchev–Trinajstić information content (AvgIpc) is 2.67. The van der Waals surface area contributed by atoms with Gasteiger partial charge in [-0.05, 0) is 35.9 Å². The standard InChI is InChI=1S/C20H23N5/c1-2-24-10-12-25(13-11-24)19-14-17(15-6-4-3-5-7-15)16-8-9-18(21)22-20(16)23-19/h3-9,14H,2,10-13H2,1H3,(H2,21,22,23). The number of aromatic nitrogens is 2. The first-order chi connectivity index (χ1) is 12.2. The number of nitrogens with two attached hydrogens (primary N) is 1. The number of nitrogen functional groups attached to an aromatic ring is 1. The highest BCUT2D eigenvalue weighted by molar-refractivity contribution is 5.95. The maximum atomic E-state index is 5.91. The minimum Gasteiger partial charge on any atom is -0.384 e. The Balaban J connectivity index is 1.80. The second-order valence-corrected chi connectivity index (χ2v) is 6.42. The third-order valence-electron chi connectivity index (χ3n) is 4.91. The number of hydrogen-bond acceptors (Lipinski definition) is 5. The summed E-state index contributed by atoms with van der Waals surface area (Å²) in [6, 6.07) is 16.5. The van der Waals surface area contributed by atoms with Crippen molar-refractivity contribution in [2.75, 3.05) is 43.4 Å². The van der Waals surface area contributed by atoms with Crippen LogP contribution in [0.4, 0.5) is 11.6 Å². The molecule has 1 aliphatic rings. The molecule has 2 aromatic heterocycles. The van der Waals surface area contributed by atoms with Crippen molar-refractivity contribution in [2.24, 2.45) is 0 Å². The van der Waals surface area contributed by atoms with E-state index < -0.39 is 0 Å². The van der Waals surface area contributed by atoms with Crippen molar-refractivity contribution in [3.8, 4) is 11.1 Å². The zero-order chi connectivity index (χ0) is 17.2. The molecule has 1 aromatic carbocycles. The third kappa shape index (κ3) is 3.15. The third-order valence-corrected chi connectivity index (χ3v) is 4.91. The number of fused-ring (bicyclic) bond motifs is 1. The van der Waals surface area contributed by atoms with Crippen LogP contribution >= 0.6 is 0 Å². The monoisotopic (exact) mass is 333 g/mol. The fourth-order valence-electron chi connectivity index (χ4n) is 3.42. The SMILES string of the molecule is CCN1CCN(c2cc(-c3ccccc3)c3ccc(N)nc3n2)CC1. The molecule has 0 unspecified atom stereocenters. The van der Waals surface area contributed by atoms with E-state index in [0.29, 0.717) is 11.5 Å². The van der Waals surface area contributed by atoms with Crippen LogP contribution in [-0.2, 0) is 0 Å². The van der Waals surface area contributed by atoms with Crippen LogP contribution in [0.3, 0.4) is 0 Å². The van der Waals surface area contributed by atoms with E-state index in [1.807, 2.05) is 18.2 Å². The van der Waals surface area contributed by atoms with E-state index in [4.69, 9.17) is 10.7 Å². The van der Waals surface area contributed by atoms with Crippen LogP contribution in [-0.4, -0.2) is 47.6 Å². The summed E-state index contributed by atoms with van der Waals surface area (Å²) in [5.74, 6) is 1.49. The Kier molecular flexibility index (Phi) is 4.24. The second-order valence-electron chi connectivity index (χ2n) is 6.42. The molecule has 0 saturated carbocycles. The molecule has 0 aliphatic carbocycles. The van der Waals surface area contributed by atoms with E-state index in [1.54, 1.807) is 0 Å². The molecule has 0 amide bonds. The fourth-order valence-corrected chi connectivity index (χ4v) is 3.42. The topological polar surface area (TPSA) is 58.3 Å². The van der Waals surface area contributed by atoms with Gasteiger partial charge in [0.05, 0.1) is 0 Å². The fraction of sp³-hybridized carbons (Fsp3) is 0.300.